The van der Waals surface area contributed by atoms with Gasteiger partial charge in [0.1, 0.15) is 17.7 Å². The lowest BCUT2D eigenvalue weighted by Crippen LogP contribution is -2.41. The van der Waals surface area contributed by atoms with E-state index >= 15 is 4.39 Å². The standard InChI is InChI=1S/C38H45F5N4O4/c1-22-16-26(39)17-24-10-7-5-4-6-8-12-32(47-33(48)20-29(38(41,42)43)30(45-47)11-9-15-46(2)3)37(51)44-31(21-34(49)50)28-19-25(35(22)24)18-27(36(28)40)23-13-14-23/h16-20,23,31-32H,4-15,21H2,1-3H3,(H,44,51)(H,49,50)/t31-,32-/m0/s1. The van der Waals surface area contributed by atoms with Crippen LogP contribution in [-0.4, -0.2) is 52.3 Å². The van der Waals surface area contributed by atoms with Crippen LogP contribution in [0, 0.1) is 18.6 Å². The van der Waals surface area contributed by atoms with Crippen molar-refractivity contribution in [1.29, 1.82) is 0 Å². The van der Waals surface area contributed by atoms with Crippen LogP contribution in [0.1, 0.15) is 116 Å². The maximum absolute atomic E-state index is 16.4. The summed E-state index contributed by atoms with van der Waals surface area (Å²) in [5.74, 6) is -3.32. The van der Waals surface area contributed by atoms with Gasteiger partial charge in [-0.2, -0.15) is 18.3 Å². The molecule has 1 saturated carbocycles. The number of carbonyl (C=O) groups is 2. The summed E-state index contributed by atoms with van der Waals surface area (Å²) >= 11 is 0. The molecule has 3 aromatic rings. The van der Waals surface area contributed by atoms with Crippen LogP contribution in [0.3, 0.4) is 0 Å². The molecule has 2 aromatic carbocycles. The highest BCUT2D eigenvalue weighted by Gasteiger charge is 2.37. The molecule has 51 heavy (non-hydrogen) atoms. The topological polar surface area (TPSA) is 105 Å². The van der Waals surface area contributed by atoms with Gasteiger partial charge in [-0.25, -0.2) is 13.5 Å². The first-order valence-corrected chi connectivity index (χ1v) is 17.6. The van der Waals surface area contributed by atoms with Gasteiger partial charge in [0.2, 0.25) is 5.91 Å². The highest BCUT2D eigenvalue weighted by atomic mass is 19.4. The first kappa shape index (κ1) is 38.1. The lowest BCUT2D eigenvalue weighted by molar-refractivity contribution is -0.139. The number of carboxylic acids is 1. The Kier molecular flexibility index (Phi) is 12.0. The maximum atomic E-state index is 16.4. The number of rotatable bonds is 8. The van der Waals surface area contributed by atoms with E-state index < -0.39 is 53.5 Å². The fourth-order valence-electron chi connectivity index (χ4n) is 7.13. The number of alkyl halides is 3. The van der Waals surface area contributed by atoms with E-state index in [4.69, 9.17) is 0 Å². The maximum Gasteiger partial charge on any atom is 0.418 e. The Balaban J connectivity index is 1.63. The Morgan fingerprint density at radius 3 is 2.33 bits per heavy atom. The summed E-state index contributed by atoms with van der Waals surface area (Å²) in [4.78, 5) is 41.5. The minimum Gasteiger partial charge on any atom is -0.481 e. The third-order valence-corrected chi connectivity index (χ3v) is 9.77. The number of halogens is 5. The normalized spacial score (nSPS) is 19.1. The molecule has 8 nitrogen and oxygen atoms in total. The molecule has 2 bridgehead atoms. The van der Waals surface area contributed by atoms with Crippen LogP contribution in [0.15, 0.2) is 35.1 Å². The number of fused-ring (bicyclic) bond motifs is 4. The molecule has 5 rings (SSSR count). The second-order valence-corrected chi connectivity index (χ2v) is 14.2. The number of amides is 1. The van der Waals surface area contributed by atoms with Gasteiger partial charge in [-0.05, 0) is 131 Å². The van der Waals surface area contributed by atoms with E-state index in [-0.39, 0.29) is 35.8 Å². The lowest BCUT2D eigenvalue weighted by Gasteiger charge is -2.26. The number of aliphatic carboxylic acids is 1. The number of hydrogen-bond acceptors (Lipinski definition) is 5. The number of nitrogens with zero attached hydrogens (tertiary/aromatic N) is 3. The van der Waals surface area contributed by atoms with Crippen molar-refractivity contribution in [2.24, 2.45) is 0 Å². The third kappa shape index (κ3) is 9.41. The van der Waals surface area contributed by atoms with Crippen LogP contribution >= 0.6 is 0 Å². The highest BCUT2D eigenvalue weighted by molar-refractivity contribution is 5.82. The SMILES string of the molecule is Cc1cc(F)cc2c1-c1cc(C3CC3)c(F)c(c1)[C@H](CC(=O)O)NC(=O)[C@@H](n1nc(CCCN(C)C)c(C(F)(F)F)cc1=O)CCCCCCC2. The van der Waals surface area contributed by atoms with Crippen molar-refractivity contribution in [3.63, 3.8) is 0 Å². The second kappa shape index (κ2) is 16.0. The van der Waals surface area contributed by atoms with Crippen molar-refractivity contribution in [3.8, 4) is 11.1 Å². The van der Waals surface area contributed by atoms with E-state index in [1.54, 1.807) is 27.1 Å². The van der Waals surface area contributed by atoms with Gasteiger partial charge in [-0.3, -0.25) is 14.4 Å². The summed E-state index contributed by atoms with van der Waals surface area (Å²) in [6.45, 7) is 2.23. The zero-order valence-electron chi connectivity index (χ0n) is 29.2. The van der Waals surface area contributed by atoms with E-state index in [9.17, 15) is 37.1 Å². The van der Waals surface area contributed by atoms with E-state index in [0.29, 0.717) is 55.0 Å². The molecule has 0 saturated heterocycles. The van der Waals surface area contributed by atoms with Crippen molar-refractivity contribution in [2.45, 2.75) is 108 Å². The van der Waals surface area contributed by atoms with Gasteiger partial charge in [0.15, 0.2) is 0 Å². The number of aryl methyl sites for hydroxylation is 3. The molecule has 2 aliphatic rings. The van der Waals surface area contributed by atoms with Crippen LogP contribution < -0.4 is 10.9 Å². The van der Waals surface area contributed by atoms with Gasteiger partial charge in [-0.15, -0.1) is 0 Å². The number of nitrogens with one attached hydrogen (secondary N) is 1. The number of carbonyl (C=O) groups excluding carboxylic acids is 1. The minimum atomic E-state index is -4.85. The fourth-order valence-corrected chi connectivity index (χ4v) is 7.13. The third-order valence-electron chi connectivity index (χ3n) is 9.77. The van der Waals surface area contributed by atoms with Crippen LogP contribution in [0.2, 0.25) is 0 Å². The van der Waals surface area contributed by atoms with Crippen molar-refractivity contribution in [3.05, 3.63) is 85.8 Å². The zero-order valence-corrected chi connectivity index (χ0v) is 29.2. The average Bonchev–Trinajstić information content (AvgIpc) is 3.87. The first-order chi connectivity index (χ1) is 24.1. The van der Waals surface area contributed by atoms with Crippen molar-refractivity contribution >= 4 is 11.9 Å². The van der Waals surface area contributed by atoms with E-state index in [1.165, 1.54) is 18.2 Å². The average molecular weight is 717 g/mol. The molecular formula is C38H45F5N4O4. The quantitative estimate of drug-likeness (QED) is 0.232. The molecular weight excluding hydrogens is 671 g/mol. The van der Waals surface area contributed by atoms with E-state index in [2.05, 4.69) is 10.4 Å². The van der Waals surface area contributed by atoms with Gasteiger partial charge < -0.3 is 15.3 Å². The Morgan fingerprint density at radius 1 is 0.980 bits per heavy atom. The predicted molar refractivity (Wildman–Crippen MR) is 182 cm³/mol. The molecule has 1 fully saturated rings. The lowest BCUT2D eigenvalue weighted by atomic mass is 9.87. The van der Waals surface area contributed by atoms with Gasteiger partial charge in [0, 0.05) is 11.6 Å². The van der Waals surface area contributed by atoms with Crippen LogP contribution in [0.25, 0.3) is 11.1 Å². The Morgan fingerprint density at radius 2 is 1.67 bits per heavy atom. The molecule has 1 aliphatic carbocycles. The summed E-state index contributed by atoms with van der Waals surface area (Å²) in [5, 5.41) is 16.7. The van der Waals surface area contributed by atoms with Crippen LogP contribution in [0.5, 0.6) is 0 Å². The summed E-state index contributed by atoms with van der Waals surface area (Å²) in [6, 6.07) is 3.82. The molecule has 2 N–H and O–H groups in total. The van der Waals surface area contributed by atoms with Gasteiger partial charge >= 0.3 is 12.1 Å². The van der Waals surface area contributed by atoms with Crippen molar-refractivity contribution in [2.75, 3.05) is 20.6 Å². The monoisotopic (exact) mass is 716 g/mol. The summed E-state index contributed by atoms with van der Waals surface area (Å²) in [7, 11) is 3.56. The molecule has 0 radical (unpaired) electrons. The molecule has 2 atom stereocenters. The molecule has 0 spiro atoms. The highest BCUT2D eigenvalue weighted by Crippen LogP contribution is 2.45. The fraction of sp³-hybridized carbons (Fsp3) is 0.526. The molecule has 276 valence electrons. The van der Waals surface area contributed by atoms with E-state index in [0.717, 1.165) is 47.9 Å². The molecule has 2 heterocycles. The molecule has 1 aliphatic heterocycles. The molecule has 1 amide bonds. The first-order valence-electron chi connectivity index (χ1n) is 17.6. The van der Waals surface area contributed by atoms with Crippen molar-refractivity contribution < 1.29 is 36.6 Å². The summed E-state index contributed by atoms with van der Waals surface area (Å²) < 4.78 is 74.0. The Labute approximate surface area is 294 Å². The predicted octanol–water partition coefficient (Wildman–Crippen LogP) is 7.66. The molecule has 1 aromatic heterocycles. The van der Waals surface area contributed by atoms with Crippen LogP contribution in [-0.2, 0) is 28.6 Å². The second-order valence-electron chi connectivity index (χ2n) is 14.2. The number of aromatic nitrogens is 2. The van der Waals surface area contributed by atoms with Gasteiger partial charge in [-0.1, -0.05) is 25.7 Å². The number of carboxylic acid groups (broad SMARTS) is 1. The van der Waals surface area contributed by atoms with Gasteiger partial charge in [0.25, 0.3) is 5.56 Å². The smallest absolute Gasteiger partial charge is 0.418 e. The number of benzene rings is 2. The Hall–Kier alpha value is -4.13. The molecule has 13 heteroatoms. The molecule has 0 unspecified atom stereocenters. The van der Waals surface area contributed by atoms with E-state index in [1.807, 2.05) is 4.90 Å². The minimum absolute atomic E-state index is 0.0319. The van der Waals surface area contributed by atoms with Crippen LogP contribution in [0.4, 0.5) is 22.0 Å². The van der Waals surface area contributed by atoms with Crippen molar-refractivity contribution in [1.82, 2.24) is 20.0 Å². The number of hydrogen-bond donors (Lipinski definition) is 2. The largest absolute Gasteiger partial charge is 0.481 e. The Bertz CT molecular complexity index is 1820. The van der Waals surface area contributed by atoms with Gasteiger partial charge in [0.05, 0.1) is 23.7 Å². The summed E-state index contributed by atoms with van der Waals surface area (Å²) in [5.41, 5.74) is 0.359. The summed E-state index contributed by atoms with van der Waals surface area (Å²) in [6.07, 6.45) is -0.0119. The zero-order chi connectivity index (χ0) is 37.0.